The molecule has 0 saturated carbocycles. The fourth-order valence-corrected chi connectivity index (χ4v) is 5.77. The summed E-state index contributed by atoms with van der Waals surface area (Å²) in [7, 11) is 0. The number of carbonyl (C=O) groups is 2. The van der Waals surface area contributed by atoms with E-state index >= 15 is 0 Å². The molecule has 6 aromatic rings. The number of nitrogens with one attached hydrogen (secondary N) is 2. The summed E-state index contributed by atoms with van der Waals surface area (Å²) < 4.78 is 0. The van der Waals surface area contributed by atoms with Gasteiger partial charge in [0.1, 0.15) is 0 Å². The van der Waals surface area contributed by atoms with Crippen LogP contribution in [0.4, 0.5) is 22.7 Å². The van der Waals surface area contributed by atoms with E-state index in [1.807, 2.05) is 121 Å². The normalized spacial score (nSPS) is 10.8. The van der Waals surface area contributed by atoms with Crippen molar-refractivity contribution < 1.29 is 9.59 Å². The quantitative estimate of drug-likeness (QED) is 0.115. The second kappa shape index (κ2) is 17.1. The van der Waals surface area contributed by atoms with E-state index in [4.69, 9.17) is 0 Å². The fraction of sp³-hybridized carbons (Fsp3) is 0.0909. The van der Waals surface area contributed by atoms with E-state index in [2.05, 4.69) is 69.0 Å². The molecule has 6 rings (SSSR count). The molecule has 0 aliphatic carbocycles. The van der Waals surface area contributed by atoms with Crippen LogP contribution >= 0.6 is 0 Å². The summed E-state index contributed by atoms with van der Waals surface area (Å²) in [5, 5.41) is 5.83. The van der Waals surface area contributed by atoms with Crippen molar-refractivity contribution in [2.45, 2.75) is 26.2 Å². The van der Waals surface area contributed by atoms with E-state index in [0.717, 1.165) is 11.4 Å². The summed E-state index contributed by atoms with van der Waals surface area (Å²) in [5.74, 6) is -0.777. The molecule has 0 aromatic heterocycles. The standard InChI is InChI=1S/C44H40N4O2/c49-43(45-39-23-13-25-41(29-39)47(31-35-15-5-1-6-16-35)32-36-17-7-2-8-18-36)27-28-44(50)46-40-24-14-26-42(30-40)48(33-37-19-9-3-10-20-37)34-38-21-11-4-12-22-38/h1-30H,31-34H2,(H,45,49)(H,46,50). The number of anilines is 4. The van der Waals surface area contributed by atoms with Crippen LogP contribution in [-0.2, 0) is 35.8 Å². The molecule has 6 nitrogen and oxygen atoms in total. The molecule has 6 heteroatoms. The van der Waals surface area contributed by atoms with Crippen LogP contribution in [0.3, 0.4) is 0 Å². The van der Waals surface area contributed by atoms with Crippen LogP contribution in [0.2, 0.25) is 0 Å². The Kier molecular flexibility index (Phi) is 11.5. The highest BCUT2D eigenvalue weighted by Gasteiger charge is 2.12. The van der Waals surface area contributed by atoms with Crippen LogP contribution in [0.15, 0.2) is 182 Å². The molecule has 0 unspecified atom stereocenters. The van der Waals surface area contributed by atoms with Crippen LogP contribution in [0.5, 0.6) is 0 Å². The lowest BCUT2D eigenvalue weighted by atomic mass is 10.1. The van der Waals surface area contributed by atoms with Gasteiger partial charge in [-0.1, -0.05) is 133 Å². The second-order valence-electron chi connectivity index (χ2n) is 12.1. The monoisotopic (exact) mass is 656 g/mol. The largest absolute Gasteiger partial charge is 0.363 e. The Labute approximate surface area is 294 Å². The lowest BCUT2D eigenvalue weighted by Crippen LogP contribution is -2.22. The molecule has 0 bridgehead atoms. The molecule has 0 aliphatic heterocycles. The molecule has 0 heterocycles. The lowest BCUT2D eigenvalue weighted by molar-refractivity contribution is -0.114. The second-order valence-corrected chi connectivity index (χ2v) is 12.1. The summed E-state index contributed by atoms with van der Waals surface area (Å²) in [6.07, 6.45) is 2.52. The van der Waals surface area contributed by atoms with Gasteiger partial charge in [-0.25, -0.2) is 0 Å². The first-order chi connectivity index (χ1) is 24.6. The van der Waals surface area contributed by atoms with E-state index in [9.17, 15) is 9.59 Å². The zero-order valence-corrected chi connectivity index (χ0v) is 27.9. The van der Waals surface area contributed by atoms with Gasteiger partial charge in [0.15, 0.2) is 0 Å². The Morgan fingerprint density at radius 3 is 1.00 bits per heavy atom. The van der Waals surface area contributed by atoms with E-state index in [1.165, 1.54) is 34.4 Å². The predicted molar refractivity (Wildman–Crippen MR) is 205 cm³/mol. The molecule has 0 spiro atoms. The van der Waals surface area contributed by atoms with Crippen LogP contribution < -0.4 is 20.4 Å². The first kappa shape index (κ1) is 33.5. The number of hydrogen-bond donors (Lipinski definition) is 2. The topological polar surface area (TPSA) is 64.7 Å². The number of amides is 2. The highest BCUT2D eigenvalue weighted by atomic mass is 16.2. The Balaban J connectivity index is 1.10. The zero-order chi connectivity index (χ0) is 34.4. The smallest absolute Gasteiger partial charge is 0.248 e. The van der Waals surface area contributed by atoms with Crippen LogP contribution in [0, 0.1) is 0 Å². The Bertz CT molecular complexity index is 1770. The molecular weight excluding hydrogens is 617 g/mol. The van der Waals surface area contributed by atoms with Gasteiger partial charge in [0.25, 0.3) is 0 Å². The molecular formula is C44H40N4O2. The van der Waals surface area contributed by atoms with Gasteiger partial charge in [0.05, 0.1) is 0 Å². The van der Waals surface area contributed by atoms with Gasteiger partial charge in [-0.15, -0.1) is 0 Å². The number of hydrogen-bond acceptors (Lipinski definition) is 4. The number of carbonyl (C=O) groups excluding carboxylic acids is 2. The van der Waals surface area contributed by atoms with E-state index in [0.29, 0.717) is 37.6 Å². The van der Waals surface area contributed by atoms with Gasteiger partial charge in [-0.3, -0.25) is 9.59 Å². The first-order valence-corrected chi connectivity index (χ1v) is 16.7. The van der Waals surface area contributed by atoms with E-state index in [1.54, 1.807) is 0 Å². The van der Waals surface area contributed by atoms with Crippen molar-refractivity contribution in [2.24, 2.45) is 0 Å². The van der Waals surface area contributed by atoms with Gasteiger partial charge in [0.2, 0.25) is 11.8 Å². The molecule has 0 fully saturated rings. The maximum Gasteiger partial charge on any atom is 0.248 e. The third kappa shape index (κ3) is 10.1. The van der Waals surface area contributed by atoms with Crippen molar-refractivity contribution in [1.82, 2.24) is 0 Å². The van der Waals surface area contributed by atoms with E-state index in [-0.39, 0.29) is 11.8 Å². The summed E-state index contributed by atoms with van der Waals surface area (Å²) in [6, 6.07) is 56.8. The van der Waals surface area contributed by atoms with Gasteiger partial charge in [0, 0.05) is 61.1 Å². The minimum atomic E-state index is -0.388. The minimum Gasteiger partial charge on any atom is -0.363 e. The predicted octanol–water partition coefficient (Wildman–Crippen LogP) is 9.23. The van der Waals surface area contributed by atoms with E-state index < -0.39 is 0 Å². The van der Waals surface area contributed by atoms with Crippen molar-refractivity contribution >= 4 is 34.6 Å². The fourth-order valence-electron chi connectivity index (χ4n) is 5.77. The van der Waals surface area contributed by atoms with Crippen LogP contribution in [-0.4, -0.2) is 11.8 Å². The average molecular weight is 657 g/mol. The molecule has 0 saturated heterocycles. The van der Waals surface area contributed by atoms with Gasteiger partial charge >= 0.3 is 0 Å². The molecule has 0 atom stereocenters. The summed E-state index contributed by atoms with van der Waals surface area (Å²) in [4.78, 5) is 30.4. The third-order valence-electron chi connectivity index (χ3n) is 8.21. The van der Waals surface area contributed by atoms with Crippen molar-refractivity contribution in [3.8, 4) is 0 Å². The van der Waals surface area contributed by atoms with Crippen LogP contribution in [0.1, 0.15) is 22.3 Å². The maximum atomic E-state index is 12.9. The van der Waals surface area contributed by atoms with Crippen molar-refractivity contribution in [3.63, 3.8) is 0 Å². The molecule has 2 N–H and O–H groups in total. The molecule has 2 amide bonds. The van der Waals surface area contributed by atoms with Crippen molar-refractivity contribution in [3.05, 3.63) is 204 Å². The lowest BCUT2D eigenvalue weighted by Gasteiger charge is -2.26. The number of nitrogens with zero attached hydrogens (tertiary/aromatic N) is 2. The summed E-state index contributed by atoms with van der Waals surface area (Å²) >= 11 is 0. The molecule has 6 aromatic carbocycles. The number of rotatable bonds is 14. The Morgan fingerprint density at radius 1 is 0.400 bits per heavy atom. The van der Waals surface area contributed by atoms with Gasteiger partial charge in [-0.05, 0) is 58.7 Å². The molecule has 0 aliphatic rings. The minimum absolute atomic E-state index is 0.388. The van der Waals surface area contributed by atoms with Crippen molar-refractivity contribution in [2.75, 3.05) is 20.4 Å². The highest BCUT2D eigenvalue weighted by Crippen LogP contribution is 2.25. The van der Waals surface area contributed by atoms with Crippen LogP contribution in [0.25, 0.3) is 0 Å². The Hall–Kier alpha value is -6.40. The summed E-state index contributed by atoms with van der Waals surface area (Å²) in [5.41, 5.74) is 8.02. The Morgan fingerprint density at radius 2 is 0.700 bits per heavy atom. The molecule has 50 heavy (non-hydrogen) atoms. The molecule has 248 valence electrons. The van der Waals surface area contributed by atoms with Gasteiger partial charge in [-0.2, -0.15) is 0 Å². The highest BCUT2D eigenvalue weighted by molar-refractivity contribution is 6.07. The maximum absolute atomic E-state index is 12.9. The third-order valence-corrected chi connectivity index (χ3v) is 8.21. The summed E-state index contributed by atoms with van der Waals surface area (Å²) in [6.45, 7) is 2.85. The average Bonchev–Trinajstić information content (AvgIpc) is 3.15. The van der Waals surface area contributed by atoms with Crippen molar-refractivity contribution in [1.29, 1.82) is 0 Å². The number of benzene rings is 6. The molecule has 0 radical (unpaired) electrons. The first-order valence-electron chi connectivity index (χ1n) is 16.7. The zero-order valence-electron chi connectivity index (χ0n) is 27.9. The van der Waals surface area contributed by atoms with Gasteiger partial charge < -0.3 is 20.4 Å². The SMILES string of the molecule is O=C(C=CC(=O)Nc1cccc(N(Cc2ccccc2)Cc2ccccc2)c1)Nc1cccc(N(Cc2ccccc2)Cc2ccccc2)c1.